The fraction of sp³-hybridized carbons (Fsp3) is 0.0357. The van der Waals surface area contributed by atoms with Crippen LogP contribution in [0.25, 0.3) is 11.1 Å². The van der Waals surface area contributed by atoms with Crippen LogP contribution < -0.4 is 4.74 Å². The molecule has 0 N–H and O–H groups in total. The lowest BCUT2D eigenvalue weighted by Crippen LogP contribution is -1.98. The number of rotatable bonds is 6. The summed E-state index contributed by atoms with van der Waals surface area (Å²) in [6.45, 7) is 2.39. The van der Waals surface area contributed by atoms with Gasteiger partial charge >= 0.3 is 0 Å². The molecule has 4 heteroatoms. The van der Waals surface area contributed by atoms with Crippen molar-refractivity contribution in [2.45, 2.75) is 6.92 Å². The second-order valence-electron chi connectivity index (χ2n) is 7.37. The molecule has 0 saturated heterocycles. The molecule has 2 nitrogen and oxygen atoms in total. The maximum absolute atomic E-state index is 13.7. The third kappa shape index (κ3) is 4.65. The molecule has 0 amide bonds. The van der Waals surface area contributed by atoms with Crippen LogP contribution in [0.1, 0.15) is 27.8 Å². The van der Waals surface area contributed by atoms with Crippen LogP contribution in [-0.4, -0.2) is 6.47 Å². The SMILES string of the molecule is Cc1ccc(/C(=C(\c2ccc(F)cc2)c2ccc(OC=O)cc2)c2ccc(F)cc2)cc1. The first-order chi connectivity index (χ1) is 15.5. The summed E-state index contributed by atoms with van der Waals surface area (Å²) in [5.41, 5.74) is 6.24. The Bertz CT molecular complexity index is 1190. The highest BCUT2D eigenvalue weighted by atomic mass is 19.1. The summed E-state index contributed by atoms with van der Waals surface area (Å²) in [7, 11) is 0. The Morgan fingerprint density at radius 3 is 1.31 bits per heavy atom. The van der Waals surface area contributed by atoms with Crippen molar-refractivity contribution in [1.29, 1.82) is 0 Å². The van der Waals surface area contributed by atoms with Crippen molar-refractivity contribution in [2.24, 2.45) is 0 Å². The minimum Gasteiger partial charge on any atom is -0.429 e. The van der Waals surface area contributed by atoms with Crippen molar-refractivity contribution >= 4 is 17.6 Å². The Hall–Kier alpha value is -4.05. The van der Waals surface area contributed by atoms with E-state index in [4.69, 9.17) is 4.74 Å². The Kier molecular flexibility index (Phi) is 6.22. The molecule has 0 atom stereocenters. The van der Waals surface area contributed by atoms with Crippen LogP contribution in [0.15, 0.2) is 97.1 Å². The standard InChI is InChI=1S/C28H20F2O2/c1-19-2-4-20(5-3-19)27(21-6-12-24(29)13-7-21)28(22-8-14-25(30)15-9-22)23-10-16-26(17-11-23)32-18-31/h2-18H,1H3/b28-27-. The second-order valence-corrected chi connectivity index (χ2v) is 7.37. The van der Waals surface area contributed by atoms with Crippen molar-refractivity contribution in [3.63, 3.8) is 0 Å². The first-order valence-corrected chi connectivity index (χ1v) is 10.1. The molecule has 0 aliphatic carbocycles. The summed E-state index contributed by atoms with van der Waals surface area (Å²) in [5, 5.41) is 0. The third-order valence-electron chi connectivity index (χ3n) is 5.18. The van der Waals surface area contributed by atoms with E-state index in [1.165, 1.54) is 24.3 Å². The van der Waals surface area contributed by atoms with Crippen LogP contribution in [-0.2, 0) is 4.79 Å². The quantitative estimate of drug-likeness (QED) is 0.250. The largest absolute Gasteiger partial charge is 0.429 e. The average Bonchev–Trinajstić information content (AvgIpc) is 2.81. The minimum absolute atomic E-state index is 0.323. The fourth-order valence-electron chi connectivity index (χ4n) is 3.62. The molecule has 0 radical (unpaired) electrons. The number of carbonyl (C=O) groups excluding carboxylic acids is 1. The molecule has 4 aromatic rings. The molecular formula is C28H20F2O2. The molecule has 0 aliphatic heterocycles. The van der Waals surface area contributed by atoms with Gasteiger partial charge in [0.2, 0.25) is 0 Å². The number of halogens is 2. The molecule has 0 saturated carbocycles. The van der Waals surface area contributed by atoms with Crippen LogP contribution >= 0.6 is 0 Å². The smallest absolute Gasteiger partial charge is 0.298 e. The predicted molar refractivity (Wildman–Crippen MR) is 122 cm³/mol. The first-order valence-electron chi connectivity index (χ1n) is 10.1. The molecule has 4 aromatic carbocycles. The van der Waals surface area contributed by atoms with Crippen LogP contribution in [0, 0.1) is 18.6 Å². The van der Waals surface area contributed by atoms with E-state index in [1.807, 2.05) is 43.3 Å². The zero-order valence-electron chi connectivity index (χ0n) is 17.4. The molecule has 0 heterocycles. The van der Waals surface area contributed by atoms with Crippen molar-refractivity contribution in [3.05, 3.63) is 137 Å². The molecule has 0 unspecified atom stereocenters. The Labute approximate surface area is 185 Å². The molecule has 158 valence electrons. The molecule has 0 fully saturated rings. The lowest BCUT2D eigenvalue weighted by atomic mass is 9.85. The van der Waals surface area contributed by atoms with Gasteiger partial charge in [0.1, 0.15) is 17.4 Å². The molecule has 32 heavy (non-hydrogen) atoms. The van der Waals surface area contributed by atoms with Crippen molar-refractivity contribution in [2.75, 3.05) is 0 Å². The lowest BCUT2D eigenvalue weighted by Gasteiger charge is -2.18. The maximum Gasteiger partial charge on any atom is 0.298 e. The molecular weight excluding hydrogens is 406 g/mol. The highest BCUT2D eigenvalue weighted by Crippen LogP contribution is 2.37. The topological polar surface area (TPSA) is 26.3 Å². The molecule has 4 rings (SSSR count). The number of ether oxygens (including phenoxy) is 1. The Morgan fingerprint density at radius 2 is 0.938 bits per heavy atom. The van der Waals surface area contributed by atoms with Crippen molar-refractivity contribution in [3.8, 4) is 5.75 Å². The van der Waals surface area contributed by atoms with Crippen LogP contribution in [0.5, 0.6) is 5.75 Å². The normalized spacial score (nSPS) is 11.6. The van der Waals surface area contributed by atoms with E-state index in [1.54, 1.807) is 36.4 Å². The first kappa shape index (κ1) is 21.2. The highest BCUT2D eigenvalue weighted by Gasteiger charge is 2.17. The van der Waals surface area contributed by atoms with Gasteiger partial charge in [-0.15, -0.1) is 0 Å². The van der Waals surface area contributed by atoms with Gasteiger partial charge in [0.15, 0.2) is 0 Å². The van der Waals surface area contributed by atoms with E-state index in [-0.39, 0.29) is 11.6 Å². The second kappa shape index (κ2) is 9.40. The van der Waals surface area contributed by atoms with Gasteiger partial charge in [-0.2, -0.15) is 0 Å². The van der Waals surface area contributed by atoms with Crippen molar-refractivity contribution < 1.29 is 18.3 Å². The summed E-state index contributed by atoms with van der Waals surface area (Å²) in [4.78, 5) is 10.7. The van der Waals surface area contributed by atoms with Gasteiger partial charge < -0.3 is 4.74 Å². The van der Waals surface area contributed by atoms with Crippen LogP contribution in [0.4, 0.5) is 8.78 Å². The number of hydrogen-bond donors (Lipinski definition) is 0. The summed E-state index contributed by atoms with van der Waals surface area (Å²) < 4.78 is 32.4. The van der Waals surface area contributed by atoms with Crippen LogP contribution in [0.2, 0.25) is 0 Å². The van der Waals surface area contributed by atoms with Gasteiger partial charge in [-0.05, 0) is 76.7 Å². The third-order valence-corrected chi connectivity index (χ3v) is 5.18. The molecule has 0 aliphatic rings. The average molecular weight is 426 g/mol. The Balaban J connectivity index is 2.04. The van der Waals surface area contributed by atoms with Crippen LogP contribution in [0.3, 0.4) is 0 Å². The molecule has 0 bridgehead atoms. The van der Waals surface area contributed by atoms with Gasteiger partial charge in [-0.3, -0.25) is 4.79 Å². The van der Waals surface area contributed by atoms with Gasteiger partial charge in [-0.25, -0.2) is 8.78 Å². The summed E-state index contributed by atoms with van der Waals surface area (Å²) in [6, 6.07) is 27.7. The zero-order chi connectivity index (χ0) is 22.5. The van der Waals surface area contributed by atoms with E-state index in [2.05, 4.69) is 0 Å². The summed E-state index contributed by atoms with van der Waals surface area (Å²) in [5.74, 6) is -0.238. The summed E-state index contributed by atoms with van der Waals surface area (Å²) >= 11 is 0. The predicted octanol–water partition coefficient (Wildman–Crippen LogP) is 6.82. The van der Waals surface area contributed by atoms with E-state index in [9.17, 15) is 13.6 Å². The number of hydrogen-bond acceptors (Lipinski definition) is 2. The van der Waals surface area contributed by atoms with Gasteiger partial charge in [-0.1, -0.05) is 66.2 Å². The van der Waals surface area contributed by atoms with Crippen molar-refractivity contribution in [1.82, 2.24) is 0 Å². The number of aryl methyl sites for hydroxylation is 1. The molecule has 0 aromatic heterocycles. The monoisotopic (exact) mass is 426 g/mol. The summed E-state index contributed by atoms with van der Waals surface area (Å²) in [6.07, 6.45) is 0. The van der Waals surface area contributed by atoms with E-state index < -0.39 is 0 Å². The van der Waals surface area contributed by atoms with Gasteiger partial charge in [0.05, 0.1) is 0 Å². The molecule has 0 spiro atoms. The lowest BCUT2D eigenvalue weighted by molar-refractivity contribution is -0.120. The van der Waals surface area contributed by atoms with E-state index in [0.717, 1.165) is 39.0 Å². The van der Waals surface area contributed by atoms with Gasteiger partial charge in [0, 0.05) is 0 Å². The van der Waals surface area contributed by atoms with E-state index in [0.29, 0.717) is 12.2 Å². The maximum atomic E-state index is 13.7. The zero-order valence-corrected chi connectivity index (χ0v) is 17.4. The minimum atomic E-state index is -0.332. The fourth-order valence-corrected chi connectivity index (χ4v) is 3.62. The van der Waals surface area contributed by atoms with E-state index >= 15 is 0 Å². The highest BCUT2D eigenvalue weighted by molar-refractivity contribution is 6.04. The number of benzene rings is 4. The number of carbonyl (C=O) groups is 1. The van der Waals surface area contributed by atoms with Gasteiger partial charge in [0.25, 0.3) is 6.47 Å². The Morgan fingerprint density at radius 1 is 0.594 bits per heavy atom.